The molecule has 0 saturated carbocycles. The molecule has 50 valence electrons. The fourth-order valence-corrected chi connectivity index (χ4v) is 0.703. The molecule has 0 fully saturated rings. The molecule has 0 bridgehead atoms. The first-order chi connectivity index (χ1) is 4.29. The molecule has 1 aliphatic rings. The smallest absolute Gasteiger partial charge is 0.0764 e. The highest BCUT2D eigenvalue weighted by Crippen LogP contribution is 1.89. The Morgan fingerprint density at radius 3 is 3.00 bits per heavy atom. The highest BCUT2D eigenvalue weighted by atomic mass is 15.3. The summed E-state index contributed by atoms with van der Waals surface area (Å²) >= 11 is 0. The van der Waals surface area contributed by atoms with Crippen LogP contribution in [-0.4, -0.2) is 24.5 Å². The molecule has 9 heavy (non-hydrogen) atoms. The number of nitrogens with zero attached hydrogens (tertiary/aromatic N) is 2. The van der Waals surface area contributed by atoms with Crippen molar-refractivity contribution >= 4 is 11.9 Å². The Morgan fingerprint density at radius 1 is 1.78 bits per heavy atom. The number of hydrazone groups is 1. The number of aliphatic imine (C=N–C) groups is 1. The van der Waals surface area contributed by atoms with E-state index in [4.69, 9.17) is 0 Å². The van der Waals surface area contributed by atoms with Crippen molar-refractivity contribution in [2.45, 2.75) is 19.9 Å². The van der Waals surface area contributed by atoms with Crippen molar-refractivity contribution in [1.82, 2.24) is 5.43 Å². The van der Waals surface area contributed by atoms with Crippen LogP contribution in [0.4, 0.5) is 0 Å². The van der Waals surface area contributed by atoms with Crippen molar-refractivity contribution in [3.8, 4) is 0 Å². The molecule has 1 N–H and O–H groups in total. The maximum Gasteiger partial charge on any atom is 0.0764 e. The summed E-state index contributed by atoms with van der Waals surface area (Å²) < 4.78 is 0. The van der Waals surface area contributed by atoms with E-state index in [-0.39, 0.29) is 0 Å². The van der Waals surface area contributed by atoms with Crippen molar-refractivity contribution in [1.29, 1.82) is 0 Å². The van der Waals surface area contributed by atoms with Gasteiger partial charge < -0.3 is 5.43 Å². The largest absolute Gasteiger partial charge is 0.304 e. The molecule has 3 nitrogen and oxygen atoms in total. The van der Waals surface area contributed by atoms with Crippen molar-refractivity contribution in [3.63, 3.8) is 0 Å². The highest BCUT2D eigenvalue weighted by Gasteiger charge is 2.00. The van der Waals surface area contributed by atoms with Gasteiger partial charge in [0, 0.05) is 6.04 Å². The van der Waals surface area contributed by atoms with Crippen LogP contribution in [-0.2, 0) is 0 Å². The molecule has 0 atom stereocenters. The van der Waals surface area contributed by atoms with Crippen molar-refractivity contribution < 1.29 is 0 Å². The Morgan fingerprint density at radius 2 is 2.56 bits per heavy atom. The molecule has 0 aromatic carbocycles. The predicted molar refractivity (Wildman–Crippen MR) is 39.1 cm³/mol. The fraction of sp³-hybridized carbons (Fsp3) is 0.667. The number of hydrogen-bond donors (Lipinski definition) is 1. The summed E-state index contributed by atoms with van der Waals surface area (Å²) in [6, 6.07) is 0.381. The molecule has 0 aliphatic carbocycles. The minimum Gasteiger partial charge on any atom is -0.304 e. The molecular weight excluding hydrogens is 114 g/mol. The van der Waals surface area contributed by atoms with Crippen LogP contribution < -0.4 is 5.43 Å². The molecule has 0 unspecified atom stereocenters. The third-order valence-corrected chi connectivity index (χ3v) is 0.989. The first kappa shape index (κ1) is 6.26. The molecular formula is C6H11N3. The average Bonchev–Trinajstić information content (AvgIpc) is 2.15. The molecule has 0 amide bonds. The van der Waals surface area contributed by atoms with E-state index < -0.39 is 0 Å². The molecule has 3 heteroatoms. The highest BCUT2D eigenvalue weighted by molar-refractivity contribution is 6.32. The van der Waals surface area contributed by atoms with Gasteiger partial charge in [0.2, 0.25) is 0 Å². The van der Waals surface area contributed by atoms with Gasteiger partial charge in [-0.05, 0) is 13.8 Å². The van der Waals surface area contributed by atoms with Gasteiger partial charge in [0.25, 0.3) is 0 Å². The topological polar surface area (TPSA) is 36.8 Å². The van der Waals surface area contributed by atoms with Crippen LogP contribution in [0.15, 0.2) is 10.1 Å². The molecule has 0 saturated heterocycles. The van der Waals surface area contributed by atoms with E-state index >= 15 is 0 Å². The summed E-state index contributed by atoms with van der Waals surface area (Å²) in [5.74, 6) is 0. The molecule has 0 radical (unpaired) electrons. The van der Waals surface area contributed by atoms with Crippen LogP contribution >= 0.6 is 0 Å². The zero-order chi connectivity index (χ0) is 6.69. The Kier molecular flexibility index (Phi) is 1.82. The van der Waals surface area contributed by atoms with Gasteiger partial charge in [0.05, 0.1) is 18.5 Å². The van der Waals surface area contributed by atoms with Crippen LogP contribution in [0.5, 0.6) is 0 Å². The van der Waals surface area contributed by atoms with Gasteiger partial charge in [-0.15, -0.1) is 0 Å². The Labute approximate surface area is 54.9 Å². The standard InChI is InChI=1S/C6H11N3/c1-5(2)9-6-3-7-8-4-6/h3,5,8H,4H2,1-2H3. The van der Waals surface area contributed by atoms with Gasteiger partial charge in [0.15, 0.2) is 0 Å². The van der Waals surface area contributed by atoms with Gasteiger partial charge in [-0.25, -0.2) is 0 Å². The van der Waals surface area contributed by atoms with Crippen LogP contribution in [0.3, 0.4) is 0 Å². The average molecular weight is 125 g/mol. The monoisotopic (exact) mass is 125 g/mol. The second kappa shape index (κ2) is 2.62. The van der Waals surface area contributed by atoms with E-state index in [1.807, 2.05) is 0 Å². The summed E-state index contributed by atoms with van der Waals surface area (Å²) in [5, 5.41) is 3.81. The molecule has 1 aliphatic heterocycles. The van der Waals surface area contributed by atoms with E-state index in [0.29, 0.717) is 6.04 Å². The van der Waals surface area contributed by atoms with Crippen molar-refractivity contribution in [2.24, 2.45) is 10.1 Å². The van der Waals surface area contributed by atoms with E-state index in [0.717, 1.165) is 12.3 Å². The fourth-order valence-electron chi connectivity index (χ4n) is 0.703. The lowest BCUT2D eigenvalue weighted by atomic mass is 10.3. The predicted octanol–water partition coefficient (Wildman–Crippen LogP) is 0.425. The second-order valence-corrected chi connectivity index (χ2v) is 2.31. The van der Waals surface area contributed by atoms with Crippen LogP contribution in [0, 0.1) is 0 Å². The third kappa shape index (κ3) is 1.83. The second-order valence-electron chi connectivity index (χ2n) is 2.31. The van der Waals surface area contributed by atoms with Crippen LogP contribution in [0.2, 0.25) is 0 Å². The number of nitrogens with one attached hydrogen (secondary N) is 1. The van der Waals surface area contributed by atoms with E-state index in [1.165, 1.54) is 0 Å². The van der Waals surface area contributed by atoms with Crippen LogP contribution in [0.25, 0.3) is 0 Å². The normalized spacial score (nSPS) is 21.4. The molecule has 1 rings (SSSR count). The van der Waals surface area contributed by atoms with E-state index in [2.05, 4.69) is 29.4 Å². The summed E-state index contributed by atoms with van der Waals surface area (Å²) in [6.07, 6.45) is 1.76. The van der Waals surface area contributed by atoms with Gasteiger partial charge in [-0.2, -0.15) is 5.10 Å². The zero-order valence-corrected chi connectivity index (χ0v) is 5.76. The number of hydrogen-bond acceptors (Lipinski definition) is 3. The van der Waals surface area contributed by atoms with E-state index in [1.54, 1.807) is 6.21 Å². The summed E-state index contributed by atoms with van der Waals surface area (Å²) in [5.41, 5.74) is 3.86. The lowest BCUT2D eigenvalue weighted by Gasteiger charge is -1.95. The van der Waals surface area contributed by atoms with Crippen molar-refractivity contribution in [2.75, 3.05) is 6.54 Å². The first-order valence-corrected chi connectivity index (χ1v) is 3.11. The van der Waals surface area contributed by atoms with Gasteiger partial charge in [-0.3, -0.25) is 4.99 Å². The number of rotatable bonds is 1. The quantitative estimate of drug-likeness (QED) is 0.542. The summed E-state index contributed by atoms with van der Waals surface area (Å²) in [6.45, 7) is 4.90. The summed E-state index contributed by atoms with van der Waals surface area (Å²) in [4.78, 5) is 4.28. The molecule has 0 aromatic heterocycles. The first-order valence-electron chi connectivity index (χ1n) is 3.11. The van der Waals surface area contributed by atoms with Crippen molar-refractivity contribution in [3.05, 3.63) is 0 Å². The Bertz CT molecular complexity index is 146. The van der Waals surface area contributed by atoms with Crippen LogP contribution in [0.1, 0.15) is 13.8 Å². The van der Waals surface area contributed by atoms with Gasteiger partial charge >= 0.3 is 0 Å². The SMILES string of the molecule is CC(C)N=C1C=NNC1. The maximum absolute atomic E-state index is 4.28. The summed E-state index contributed by atoms with van der Waals surface area (Å²) in [7, 11) is 0. The minimum absolute atomic E-state index is 0.381. The molecule has 0 spiro atoms. The van der Waals surface area contributed by atoms with Gasteiger partial charge in [-0.1, -0.05) is 0 Å². The Hall–Kier alpha value is -0.860. The minimum atomic E-state index is 0.381. The molecule has 1 heterocycles. The Balaban J connectivity index is 2.50. The van der Waals surface area contributed by atoms with Gasteiger partial charge in [0.1, 0.15) is 0 Å². The molecule has 0 aromatic rings. The lowest BCUT2D eigenvalue weighted by molar-refractivity contribution is 0.824. The third-order valence-electron chi connectivity index (χ3n) is 0.989. The lowest BCUT2D eigenvalue weighted by Crippen LogP contribution is -2.11. The maximum atomic E-state index is 4.28. The zero-order valence-electron chi connectivity index (χ0n) is 5.76. The van der Waals surface area contributed by atoms with E-state index in [9.17, 15) is 0 Å².